The zero-order valence-corrected chi connectivity index (χ0v) is 18.2. The molecule has 2 fully saturated rings. The monoisotopic (exact) mass is 425 g/mol. The molecule has 1 saturated carbocycles. The zero-order chi connectivity index (χ0) is 20.3. The van der Waals surface area contributed by atoms with Gasteiger partial charge in [0, 0.05) is 26.1 Å². The van der Waals surface area contributed by atoms with Crippen molar-refractivity contribution < 1.29 is 19.1 Å². The third-order valence-corrected chi connectivity index (χ3v) is 6.01. The number of methoxy groups -OCH3 is 2. The minimum atomic E-state index is -0.354. The predicted octanol–water partition coefficient (Wildman–Crippen LogP) is 1.76. The van der Waals surface area contributed by atoms with Crippen LogP contribution in [0.4, 0.5) is 0 Å². The summed E-state index contributed by atoms with van der Waals surface area (Å²) in [7, 11) is 3.20. The van der Waals surface area contributed by atoms with E-state index in [1.54, 1.807) is 19.1 Å². The molecule has 1 aliphatic carbocycles. The van der Waals surface area contributed by atoms with E-state index < -0.39 is 0 Å². The first kappa shape index (κ1) is 23.3. The van der Waals surface area contributed by atoms with Crippen LogP contribution in [-0.2, 0) is 16.0 Å². The SMILES string of the molecule is COc1ccc(CCN2CC(C(=O)NC(C)(CN)C3CC3)CC2=O)cc1OC.Cl. The largest absolute Gasteiger partial charge is 0.493 e. The Morgan fingerprint density at radius 3 is 2.55 bits per heavy atom. The topological polar surface area (TPSA) is 93.9 Å². The molecule has 2 unspecified atom stereocenters. The fourth-order valence-corrected chi connectivity index (χ4v) is 3.89. The van der Waals surface area contributed by atoms with Crippen LogP contribution in [0.15, 0.2) is 18.2 Å². The lowest BCUT2D eigenvalue weighted by molar-refractivity contribution is -0.129. The van der Waals surface area contributed by atoms with E-state index in [2.05, 4.69) is 5.32 Å². The van der Waals surface area contributed by atoms with Crippen LogP contribution in [0.5, 0.6) is 11.5 Å². The number of nitrogens with two attached hydrogens (primary N) is 1. The average molecular weight is 426 g/mol. The molecule has 7 nitrogen and oxygen atoms in total. The van der Waals surface area contributed by atoms with E-state index in [0.29, 0.717) is 43.5 Å². The quantitative estimate of drug-likeness (QED) is 0.628. The first-order valence-corrected chi connectivity index (χ1v) is 9.91. The van der Waals surface area contributed by atoms with Gasteiger partial charge in [-0.3, -0.25) is 9.59 Å². The fourth-order valence-electron chi connectivity index (χ4n) is 3.89. The molecular formula is C21H32ClN3O4. The van der Waals surface area contributed by atoms with Gasteiger partial charge >= 0.3 is 0 Å². The van der Waals surface area contributed by atoms with Gasteiger partial charge in [0.2, 0.25) is 11.8 Å². The van der Waals surface area contributed by atoms with Crippen molar-refractivity contribution in [3.8, 4) is 11.5 Å². The molecule has 0 aromatic heterocycles. The van der Waals surface area contributed by atoms with Crippen molar-refractivity contribution in [2.45, 2.75) is 38.1 Å². The molecule has 29 heavy (non-hydrogen) atoms. The van der Waals surface area contributed by atoms with Crippen molar-refractivity contribution in [3.05, 3.63) is 23.8 Å². The number of ether oxygens (including phenoxy) is 2. The van der Waals surface area contributed by atoms with Crippen LogP contribution in [0, 0.1) is 11.8 Å². The Morgan fingerprint density at radius 2 is 1.97 bits per heavy atom. The molecular weight excluding hydrogens is 394 g/mol. The smallest absolute Gasteiger partial charge is 0.225 e. The lowest BCUT2D eigenvalue weighted by atomic mass is 9.94. The molecule has 1 saturated heterocycles. The first-order valence-electron chi connectivity index (χ1n) is 9.91. The fraction of sp³-hybridized carbons (Fsp3) is 0.619. The third kappa shape index (κ3) is 5.34. The van der Waals surface area contributed by atoms with Gasteiger partial charge in [-0.05, 0) is 49.8 Å². The van der Waals surface area contributed by atoms with Crippen molar-refractivity contribution in [2.24, 2.45) is 17.6 Å². The van der Waals surface area contributed by atoms with Crippen LogP contribution in [-0.4, -0.2) is 56.1 Å². The molecule has 8 heteroatoms. The lowest BCUT2D eigenvalue weighted by Gasteiger charge is -2.30. The van der Waals surface area contributed by atoms with Crippen LogP contribution < -0.4 is 20.5 Å². The van der Waals surface area contributed by atoms with Crippen LogP contribution in [0.3, 0.4) is 0 Å². The van der Waals surface area contributed by atoms with Crippen LogP contribution in [0.1, 0.15) is 31.7 Å². The Balaban J connectivity index is 0.00000300. The van der Waals surface area contributed by atoms with E-state index in [0.717, 1.165) is 18.4 Å². The second-order valence-corrected chi connectivity index (χ2v) is 8.07. The second kappa shape index (κ2) is 9.67. The van der Waals surface area contributed by atoms with Crippen LogP contribution >= 0.6 is 12.4 Å². The number of likely N-dealkylation sites (tertiary alicyclic amines) is 1. The number of hydrogen-bond acceptors (Lipinski definition) is 5. The molecule has 162 valence electrons. The van der Waals surface area contributed by atoms with Gasteiger partial charge in [0.05, 0.1) is 25.7 Å². The van der Waals surface area contributed by atoms with Gasteiger partial charge in [-0.1, -0.05) is 6.07 Å². The van der Waals surface area contributed by atoms with E-state index >= 15 is 0 Å². The Kier molecular flexibility index (Phi) is 7.77. The molecule has 2 aliphatic rings. The molecule has 0 spiro atoms. The molecule has 1 aromatic rings. The highest BCUT2D eigenvalue weighted by Gasteiger charge is 2.43. The molecule has 2 amide bonds. The number of rotatable bonds is 9. The van der Waals surface area contributed by atoms with E-state index in [1.165, 1.54) is 0 Å². The number of carbonyl (C=O) groups excluding carboxylic acids is 2. The molecule has 3 rings (SSSR count). The zero-order valence-electron chi connectivity index (χ0n) is 17.4. The van der Waals surface area contributed by atoms with Crippen molar-refractivity contribution in [1.29, 1.82) is 0 Å². The molecule has 2 atom stereocenters. The summed E-state index contributed by atoms with van der Waals surface area (Å²) in [5.74, 6) is 1.48. The molecule has 1 aliphatic heterocycles. The summed E-state index contributed by atoms with van der Waals surface area (Å²) < 4.78 is 10.6. The standard InChI is InChI=1S/C21H31N3O4.ClH/c1-21(13-22,16-5-6-16)23-20(26)15-11-19(25)24(12-15)9-8-14-4-7-17(27-2)18(10-14)28-3;/h4,7,10,15-16H,5-6,8-9,11-13,22H2,1-3H3,(H,23,26);1H. The molecule has 0 radical (unpaired) electrons. The maximum atomic E-state index is 12.7. The Labute approximate surface area is 178 Å². The minimum absolute atomic E-state index is 0. The minimum Gasteiger partial charge on any atom is -0.493 e. The van der Waals surface area contributed by atoms with E-state index in [9.17, 15) is 9.59 Å². The Morgan fingerprint density at radius 1 is 1.28 bits per heavy atom. The first-order chi connectivity index (χ1) is 13.4. The number of nitrogens with one attached hydrogen (secondary N) is 1. The molecule has 0 bridgehead atoms. The number of nitrogens with zero attached hydrogens (tertiary/aromatic N) is 1. The van der Waals surface area contributed by atoms with Gasteiger partial charge < -0.3 is 25.4 Å². The van der Waals surface area contributed by atoms with Gasteiger partial charge in [0.1, 0.15) is 0 Å². The maximum absolute atomic E-state index is 12.7. The van der Waals surface area contributed by atoms with E-state index in [-0.39, 0.29) is 42.1 Å². The Hall–Kier alpha value is -1.99. The highest BCUT2D eigenvalue weighted by Crippen LogP contribution is 2.39. The van der Waals surface area contributed by atoms with Crippen LogP contribution in [0.2, 0.25) is 0 Å². The number of benzene rings is 1. The van der Waals surface area contributed by atoms with Crippen molar-refractivity contribution in [3.63, 3.8) is 0 Å². The van der Waals surface area contributed by atoms with Crippen molar-refractivity contribution in [1.82, 2.24) is 10.2 Å². The summed E-state index contributed by atoms with van der Waals surface area (Å²) in [6.07, 6.45) is 3.18. The lowest BCUT2D eigenvalue weighted by Crippen LogP contribution is -2.54. The number of halogens is 1. The summed E-state index contributed by atoms with van der Waals surface area (Å²) in [5.41, 5.74) is 6.60. The predicted molar refractivity (Wildman–Crippen MR) is 114 cm³/mol. The number of amides is 2. The highest BCUT2D eigenvalue weighted by molar-refractivity contribution is 5.89. The van der Waals surface area contributed by atoms with Gasteiger partial charge in [0.25, 0.3) is 0 Å². The van der Waals surface area contributed by atoms with Crippen LogP contribution in [0.25, 0.3) is 0 Å². The summed E-state index contributed by atoms with van der Waals surface area (Å²) >= 11 is 0. The van der Waals surface area contributed by atoms with Crippen molar-refractivity contribution in [2.75, 3.05) is 33.9 Å². The second-order valence-electron chi connectivity index (χ2n) is 8.07. The van der Waals surface area contributed by atoms with Crippen molar-refractivity contribution >= 4 is 24.2 Å². The van der Waals surface area contributed by atoms with Gasteiger partial charge in [-0.2, -0.15) is 0 Å². The Bertz CT molecular complexity index is 741. The number of carbonyl (C=O) groups is 2. The molecule has 1 heterocycles. The van der Waals surface area contributed by atoms with E-state index in [1.807, 2.05) is 25.1 Å². The number of hydrogen-bond donors (Lipinski definition) is 2. The highest BCUT2D eigenvalue weighted by atomic mass is 35.5. The van der Waals surface area contributed by atoms with Gasteiger partial charge in [-0.25, -0.2) is 0 Å². The molecule has 1 aromatic carbocycles. The van der Waals surface area contributed by atoms with E-state index in [4.69, 9.17) is 15.2 Å². The third-order valence-electron chi connectivity index (χ3n) is 6.01. The maximum Gasteiger partial charge on any atom is 0.225 e. The summed E-state index contributed by atoms with van der Waals surface area (Å²) in [5, 5.41) is 3.12. The van der Waals surface area contributed by atoms with Gasteiger partial charge in [0.15, 0.2) is 11.5 Å². The molecule has 3 N–H and O–H groups in total. The summed E-state index contributed by atoms with van der Waals surface area (Å²) in [4.78, 5) is 26.9. The summed E-state index contributed by atoms with van der Waals surface area (Å²) in [6.45, 7) is 3.47. The normalized spacial score (nSPS) is 20.6. The van der Waals surface area contributed by atoms with Gasteiger partial charge in [-0.15, -0.1) is 12.4 Å². The summed E-state index contributed by atoms with van der Waals surface area (Å²) in [6, 6.07) is 5.75. The average Bonchev–Trinajstić information content (AvgIpc) is 3.49.